The van der Waals surface area contributed by atoms with E-state index in [2.05, 4.69) is 26.1 Å². The maximum Gasteiger partial charge on any atom is 0.407 e. The van der Waals surface area contributed by atoms with Crippen molar-refractivity contribution in [1.82, 2.24) is 5.32 Å². The van der Waals surface area contributed by atoms with Gasteiger partial charge in [-0.25, -0.2) is 4.79 Å². The topological polar surface area (TPSA) is 38.3 Å². The summed E-state index contributed by atoms with van der Waals surface area (Å²) in [6, 6.07) is 0.198. The molecule has 3 nitrogen and oxygen atoms in total. The Hall–Kier alpha value is -0.730. The number of hydrogen-bond acceptors (Lipinski definition) is 2. The lowest BCUT2D eigenvalue weighted by Crippen LogP contribution is -2.39. The average Bonchev–Trinajstić information content (AvgIpc) is 2.24. The van der Waals surface area contributed by atoms with E-state index in [1.807, 2.05) is 6.92 Å². The third-order valence-electron chi connectivity index (χ3n) is 3.87. The summed E-state index contributed by atoms with van der Waals surface area (Å²) in [4.78, 5) is 11.6. The Bertz CT molecular complexity index is 230. The van der Waals surface area contributed by atoms with Crippen LogP contribution in [0, 0.1) is 11.8 Å². The maximum atomic E-state index is 11.6. The molecule has 0 aromatic heterocycles. The van der Waals surface area contributed by atoms with Crippen molar-refractivity contribution in [3.63, 3.8) is 0 Å². The molecular formula is C13H25NO2. The van der Waals surface area contributed by atoms with Crippen LogP contribution in [0.25, 0.3) is 0 Å². The summed E-state index contributed by atoms with van der Waals surface area (Å²) in [7, 11) is 0. The summed E-state index contributed by atoms with van der Waals surface area (Å²) in [5, 5.41) is 2.85. The second-order valence-corrected chi connectivity index (χ2v) is 5.16. The number of amides is 1. The smallest absolute Gasteiger partial charge is 0.407 e. The minimum atomic E-state index is -0.250. The van der Waals surface area contributed by atoms with Gasteiger partial charge in [-0.3, -0.25) is 0 Å². The molecule has 0 aliphatic heterocycles. The van der Waals surface area contributed by atoms with Gasteiger partial charge in [-0.15, -0.1) is 0 Å². The van der Waals surface area contributed by atoms with Gasteiger partial charge in [-0.2, -0.15) is 0 Å². The fourth-order valence-corrected chi connectivity index (χ4v) is 2.17. The molecule has 0 radical (unpaired) electrons. The zero-order chi connectivity index (χ0) is 12.1. The van der Waals surface area contributed by atoms with Gasteiger partial charge in [0.25, 0.3) is 0 Å². The van der Waals surface area contributed by atoms with Crippen LogP contribution in [0.3, 0.4) is 0 Å². The van der Waals surface area contributed by atoms with Crippen LogP contribution in [0.2, 0.25) is 0 Å². The first-order valence-corrected chi connectivity index (χ1v) is 6.51. The quantitative estimate of drug-likeness (QED) is 0.803. The molecular weight excluding hydrogens is 202 g/mol. The Kier molecular flexibility index (Phi) is 5.10. The van der Waals surface area contributed by atoms with Gasteiger partial charge in [0.2, 0.25) is 0 Å². The zero-order valence-electron chi connectivity index (χ0n) is 11.0. The van der Waals surface area contributed by atoms with Gasteiger partial charge in [-0.05, 0) is 38.0 Å². The van der Waals surface area contributed by atoms with Gasteiger partial charge in [0.05, 0.1) is 0 Å². The van der Waals surface area contributed by atoms with Crippen LogP contribution in [0.15, 0.2) is 0 Å². The van der Waals surface area contributed by atoms with Crippen LogP contribution < -0.4 is 5.32 Å². The molecule has 1 aliphatic rings. The van der Waals surface area contributed by atoms with E-state index in [9.17, 15) is 4.79 Å². The van der Waals surface area contributed by atoms with Gasteiger partial charge < -0.3 is 10.1 Å². The number of carbonyl (C=O) groups is 1. The highest BCUT2D eigenvalue weighted by Gasteiger charge is 2.29. The lowest BCUT2D eigenvalue weighted by molar-refractivity contribution is 0.0216. The van der Waals surface area contributed by atoms with Crippen LogP contribution >= 0.6 is 0 Å². The number of nitrogens with one attached hydrogen (secondary N) is 1. The zero-order valence-corrected chi connectivity index (χ0v) is 11.0. The first kappa shape index (κ1) is 13.3. The highest BCUT2D eigenvalue weighted by atomic mass is 16.6. The molecule has 3 heteroatoms. The molecule has 0 heterocycles. The van der Waals surface area contributed by atoms with E-state index in [4.69, 9.17) is 4.74 Å². The highest BCUT2D eigenvalue weighted by molar-refractivity contribution is 5.67. The first-order chi connectivity index (χ1) is 7.54. The Morgan fingerprint density at radius 3 is 2.75 bits per heavy atom. The molecule has 4 atom stereocenters. The average molecular weight is 227 g/mol. The second-order valence-electron chi connectivity index (χ2n) is 5.16. The van der Waals surface area contributed by atoms with Gasteiger partial charge in [0, 0.05) is 6.04 Å². The van der Waals surface area contributed by atoms with Crippen molar-refractivity contribution in [3.8, 4) is 0 Å². The Labute approximate surface area is 98.9 Å². The fraction of sp³-hybridized carbons (Fsp3) is 0.923. The molecule has 1 rings (SSSR count). The molecule has 0 spiro atoms. The number of hydrogen-bond donors (Lipinski definition) is 1. The number of rotatable bonds is 3. The predicted molar refractivity (Wildman–Crippen MR) is 65.3 cm³/mol. The molecule has 1 fully saturated rings. The van der Waals surface area contributed by atoms with Crippen molar-refractivity contribution in [1.29, 1.82) is 0 Å². The molecule has 0 aromatic carbocycles. The van der Waals surface area contributed by atoms with E-state index in [1.54, 1.807) is 0 Å². The van der Waals surface area contributed by atoms with E-state index >= 15 is 0 Å². The van der Waals surface area contributed by atoms with E-state index < -0.39 is 0 Å². The number of carbonyl (C=O) groups excluding carboxylic acids is 1. The fourth-order valence-electron chi connectivity index (χ4n) is 2.17. The molecule has 4 unspecified atom stereocenters. The summed E-state index contributed by atoms with van der Waals surface area (Å²) >= 11 is 0. The molecule has 0 saturated heterocycles. The van der Waals surface area contributed by atoms with Crippen LogP contribution in [0.4, 0.5) is 4.79 Å². The van der Waals surface area contributed by atoms with E-state index in [0.717, 1.165) is 12.8 Å². The summed E-state index contributed by atoms with van der Waals surface area (Å²) in [5.41, 5.74) is 0. The standard InChI is InChI=1S/C13H25NO2/c1-5-10(3)14-13(15)16-12-8-6-7-9(2)11(12)4/h9-12H,5-8H2,1-4H3,(H,14,15). The largest absolute Gasteiger partial charge is 0.446 e. The predicted octanol–water partition coefficient (Wildman–Crippen LogP) is 3.34. The molecule has 94 valence electrons. The first-order valence-electron chi connectivity index (χ1n) is 6.51. The van der Waals surface area contributed by atoms with Crippen molar-refractivity contribution in [2.45, 2.75) is 65.5 Å². The van der Waals surface area contributed by atoms with Gasteiger partial charge >= 0.3 is 6.09 Å². The van der Waals surface area contributed by atoms with Crippen LogP contribution in [-0.2, 0) is 4.74 Å². The van der Waals surface area contributed by atoms with Crippen molar-refractivity contribution in [2.24, 2.45) is 11.8 Å². The molecule has 0 bridgehead atoms. The van der Waals surface area contributed by atoms with Crippen LogP contribution in [0.1, 0.15) is 53.4 Å². The number of ether oxygens (including phenoxy) is 1. The summed E-state index contributed by atoms with van der Waals surface area (Å²) in [6.07, 6.45) is 4.24. The minimum absolute atomic E-state index is 0.104. The van der Waals surface area contributed by atoms with Gasteiger partial charge in [-0.1, -0.05) is 27.2 Å². The summed E-state index contributed by atoms with van der Waals surface area (Å²) in [5.74, 6) is 1.14. The minimum Gasteiger partial charge on any atom is -0.446 e. The van der Waals surface area contributed by atoms with Crippen LogP contribution in [-0.4, -0.2) is 18.2 Å². The Morgan fingerprint density at radius 2 is 2.12 bits per heavy atom. The molecule has 1 N–H and O–H groups in total. The van der Waals surface area contributed by atoms with E-state index in [1.165, 1.54) is 12.8 Å². The third-order valence-corrected chi connectivity index (χ3v) is 3.87. The molecule has 16 heavy (non-hydrogen) atoms. The Balaban J connectivity index is 2.38. The maximum absolute atomic E-state index is 11.6. The monoisotopic (exact) mass is 227 g/mol. The normalized spacial score (nSPS) is 31.9. The van der Waals surface area contributed by atoms with Gasteiger partial charge in [0.1, 0.15) is 6.10 Å². The number of alkyl carbamates (subject to hydrolysis) is 1. The van der Waals surface area contributed by atoms with Crippen molar-refractivity contribution in [2.75, 3.05) is 0 Å². The third kappa shape index (κ3) is 3.69. The molecule has 1 saturated carbocycles. The lowest BCUT2D eigenvalue weighted by atomic mass is 9.79. The molecule has 0 aromatic rings. The summed E-state index contributed by atoms with van der Waals surface area (Å²) < 4.78 is 5.50. The Morgan fingerprint density at radius 1 is 1.44 bits per heavy atom. The van der Waals surface area contributed by atoms with E-state index in [-0.39, 0.29) is 18.2 Å². The summed E-state index contributed by atoms with van der Waals surface area (Å²) in [6.45, 7) is 8.47. The van der Waals surface area contributed by atoms with E-state index in [0.29, 0.717) is 11.8 Å². The SMILES string of the molecule is CCC(C)NC(=O)OC1CCCC(C)C1C. The van der Waals surface area contributed by atoms with Crippen molar-refractivity contribution >= 4 is 6.09 Å². The molecule has 1 amide bonds. The van der Waals surface area contributed by atoms with Crippen molar-refractivity contribution < 1.29 is 9.53 Å². The highest BCUT2D eigenvalue weighted by Crippen LogP contribution is 2.31. The molecule has 1 aliphatic carbocycles. The lowest BCUT2D eigenvalue weighted by Gasteiger charge is -2.33. The van der Waals surface area contributed by atoms with Crippen LogP contribution in [0.5, 0.6) is 0 Å². The van der Waals surface area contributed by atoms with Crippen molar-refractivity contribution in [3.05, 3.63) is 0 Å². The second kappa shape index (κ2) is 6.12. The van der Waals surface area contributed by atoms with Gasteiger partial charge in [0.15, 0.2) is 0 Å².